The monoisotopic (exact) mass is 201 g/mol. The van der Waals surface area contributed by atoms with Gasteiger partial charge in [0.2, 0.25) is 0 Å². The fourth-order valence-corrected chi connectivity index (χ4v) is 2.01. The molecule has 0 radical (unpaired) electrons. The third kappa shape index (κ3) is 1.10. The molecular formula is C10H10F3N. The van der Waals surface area contributed by atoms with Crippen LogP contribution in [0.2, 0.25) is 0 Å². The summed E-state index contributed by atoms with van der Waals surface area (Å²) in [4.78, 5) is 0. The molecule has 1 nitrogen and oxygen atoms in total. The summed E-state index contributed by atoms with van der Waals surface area (Å²) in [5.74, 6) is -3.61. The summed E-state index contributed by atoms with van der Waals surface area (Å²) in [5, 5.41) is 0. The van der Waals surface area contributed by atoms with E-state index in [0.29, 0.717) is 5.56 Å². The maximum Gasteiger partial charge on any atom is 0.274 e. The molecule has 0 unspecified atom stereocenters. The van der Waals surface area contributed by atoms with E-state index in [1.54, 1.807) is 0 Å². The Morgan fingerprint density at radius 1 is 1.43 bits per heavy atom. The summed E-state index contributed by atoms with van der Waals surface area (Å²) in [5.41, 5.74) is 5.62. The van der Waals surface area contributed by atoms with Crippen molar-refractivity contribution >= 4 is 5.69 Å². The standard InChI is InChI=1S/C10H10F3N/c1-5-8-6(2-3-10(8,12)13)4-7(14)9(5)11/h4H,2-3,14H2,1H3. The number of hydrogen-bond acceptors (Lipinski definition) is 1. The van der Waals surface area contributed by atoms with Gasteiger partial charge >= 0.3 is 0 Å². The van der Waals surface area contributed by atoms with Gasteiger partial charge in [0, 0.05) is 12.0 Å². The zero-order chi connectivity index (χ0) is 10.5. The Balaban J connectivity index is 2.73. The summed E-state index contributed by atoms with van der Waals surface area (Å²) in [7, 11) is 0. The Morgan fingerprint density at radius 2 is 2.07 bits per heavy atom. The van der Waals surface area contributed by atoms with E-state index in [1.807, 2.05) is 0 Å². The van der Waals surface area contributed by atoms with Gasteiger partial charge in [-0.15, -0.1) is 0 Å². The molecule has 0 saturated heterocycles. The summed E-state index contributed by atoms with van der Waals surface area (Å²) in [6, 6.07) is 1.32. The maximum atomic E-state index is 13.3. The van der Waals surface area contributed by atoms with Crippen molar-refractivity contribution in [3.63, 3.8) is 0 Å². The van der Waals surface area contributed by atoms with Crippen LogP contribution in [-0.4, -0.2) is 0 Å². The first-order valence-electron chi connectivity index (χ1n) is 4.39. The summed E-state index contributed by atoms with van der Waals surface area (Å²) < 4.78 is 39.9. The van der Waals surface area contributed by atoms with Crippen LogP contribution in [0.15, 0.2) is 6.07 Å². The molecule has 1 aliphatic carbocycles. The number of fused-ring (bicyclic) bond motifs is 1. The maximum absolute atomic E-state index is 13.3. The van der Waals surface area contributed by atoms with Gasteiger partial charge in [-0.3, -0.25) is 0 Å². The number of anilines is 1. The highest BCUT2D eigenvalue weighted by Crippen LogP contribution is 2.44. The van der Waals surface area contributed by atoms with E-state index in [0.717, 1.165) is 0 Å². The predicted molar refractivity (Wildman–Crippen MR) is 47.8 cm³/mol. The molecule has 1 aromatic carbocycles. The lowest BCUT2D eigenvalue weighted by Gasteiger charge is -2.14. The molecule has 0 fully saturated rings. The van der Waals surface area contributed by atoms with Crippen LogP contribution in [0.3, 0.4) is 0 Å². The van der Waals surface area contributed by atoms with Crippen molar-refractivity contribution in [2.75, 3.05) is 5.73 Å². The molecular weight excluding hydrogens is 191 g/mol. The number of aryl methyl sites for hydroxylation is 1. The van der Waals surface area contributed by atoms with Crippen LogP contribution in [0.25, 0.3) is 0 Å². The van der Waals surface area contributed by atoms with Crippen LogP contribution in [-0.2, 0) is 12.3 Å². The molecule has 0 amide bonds. The molecule has 0 spiro atoms. The highest BCUT2D eigenvalue weighted by atomic mass is 19.3. The number of rotatable bonds is 0. The molecule has 0 aromatic heterocycles. The largest absolute Gasteiger partial charge is 0.396 e. The Hall–Kier alpha value is -1.19. The van der Waals surface area contributed by atoms with Crippen LogP contribution in [0.5, 0.6) is 0 Å². The Labute approximate surface area is 79.7 Å². The van der Waals surface area contributed by atoms with Gasteiger partial charge in [-0.1, -0.05) is 0 Å². The number of benzene rings is 1. The quantitative estimate of drug-likeness (QED) is 0.642. The Bertz CT molecular complexity index is 399. The second kappa shape index (κ2) is 2.65. The SMILES string of the molecule is Cc1c(F)c(N)cc2c1C(F)(F)CC2. The molecule has 0 atom stereocenters. The van der Waals surface area contributed by atoms with Crippen molar-refractivity contribution in [3.05, 3.63) is 28.6 Å². The van der Waals surface area contributed by atoms with E-state index in [4.69, 9.17) is 5.73 Å². The van der Waals surface area contributed by atoms with Crippen molar-refractivity contribution in [1.82, 2.24) is 0 Å². The smallest absolute Gasteiger partial charge is 0.274 e. The van der Waals surface area contributed by atoms with Crippen molar-refractivity contribution in [2.24, 2.45) is 0 Å². The van der Waals surface area contributed by atoms with Crippen molar-refractivity contribution in [2.45, 2.75) is 25.7 Å². The van der Waals surface area contributed by atoms with Crippen LogP contribution in [0, 0.1) is 12.7 Å². The third-order valence-electron chi connectivity index (χ3n) is 2.68. The van der Waals surface area contributed by atoms with Crippen LogP contribution >= 0.6 is 0 Å². The fraction of sp³-hybridized carbons (Fsp3) is 0.400. The highest BCUT2D eigenvalue weighted by Gasteiger charge is 2.41. The van der Waals surface area contributed by atoms with Gasteiger partial charge in [0.25, 0.3) is 5.92 Å². The molecule has 1 aliphatic rings. The van der Waals surface area contributed by atoms with Gasteiger partial charge in [0.05, 0.1) is 5.69 Å². The predicted octanol–water partition coefficient (Wildman–Crippen LogP) is 2.75. The molecule has 0 bridgehead atoms. The second-order valence-corrected chi connectivity index (χ2v) is 3.64. The molecule has 2 rings (SSSR count). The minimum absolute atomic E-state index is 0.0116. The fourth-order valence-electron chi connectivity index (χ4n) is 2.01. The number of alkyl halides is 2. The normalized spacial score (nSPS) is 18.3. The first-order chi connectivity index (χ1) is 6.43. The zero-order valence-corrected chi connectivity index (χ0v) is 7.70. The van der Waals surface area contributed by atoms with Crippen molar-refractivity contribution in [1.29, 1.82) is 0 Å². The number of nitrogen functional groups attached to an aromatic ring is 1. The van der Waals surface area contributed by atoms with Gasteiger partial charge in [-0.05, 0) is 30.5 Å². The summed E-state index contributed by atoms with van der Waals surface area (Å²) in [6.45, 7) is 1.35. The summed E-state index contributed by atoms with van der Waals surface area (Å²) in [6.07, 6.45) is 0.0275. The van der Waals surface area contributed by atoms with Gasteiger partial charge in [-0.25, -0.2) is 13.2 Å². The Morgan fingerprint density at radius 3 is 2.71 bits per heavy atom. The zero-order valence-electron chi connectivity index (χ0n) is 7.70. The average molecular weight is 201 g/mol. The molecule has 0 saturated carbocycles. The minimum atomic E-state index is -2.89. The lowest BCUT2D eigenvalue weighted by Crippen LogP contribution is -2.11. The van der Waals surface area contributed by atoms with E-state index in [2.05, 4.69) is 0 Å². The minimum Gasteiger partial charge on any atom is -0.396 e. The van der Waals surface area contributed by atoms with E-state index in [1.165, 1.54) is 13.0 Å². The van der Waals surface area contributed by atoms with E-state index in [-0.39, 0.29) is 29.7 Å². The van der Waals surface area contributed by atoms with Gasteiger partial charge in [0.1, 0.15) is 5.82 Å². The molecule has 0 aliphatic heterocycles. The van der Waals surface area contributed by atoms with Crippen molar-refractivity contribution < 1.29 is 13.2 Å². The number of halogens is 3. The molecule has 1 aromatic rings. The number of nitrogens with two attached hydrogens (primary N) is 1. The third-order valence-corrected chi connectivity index (χ3v) is 2.68. The Kier molecular flexibility index (Phi) is 1.77. The van der Waals surface area contributed by atoms with Gasteiger partial charge < -0.3 is 5.73 Å². The molecule has 0 heterocycles. The van der Waals surface area contributed by atoms with E-state index >= 15 is 0 Å². The molecule has 14 heavy (non-hydrogen) atoms. The first kappa shape index (κ1) is 9.37. The van der Waals surface area contributed by atoms with Crippen LogP contribution in [0.4, 0.5) is 18.9 Å². The van der Waals surface area contributed by atoms with Gasteiger partial charge in [0.15, 0.2) is 0 Å². The average Bonchev–Trinajstić information content (AvgIpc) is 2.38. The lowest BCUT2D eigenvalue weighted by atomic mass is 10.0. The summed E-state index contributed by atoms with van der Waals surface area (Å²) >= 11 is 0. The first-order valence-corrected chi connectivity index (χ1v) is 4.39. The van der Waals surface area contributed by atoms with E-state index < -0.39 is 11.7 Å². The van der Waals surface area contributed by atoms with Crippen molar-refractivity contribution in [3.8, 4) is 0 Å². The highest BCUT2D eigenvalue weighted by molar-refractivity contribution is 5.54. The number of hydrogen-bond donors (Lipinski definition) is 1. The molecule has 2 N–H and O–H groups in total. The molecule has 4 heteroatoms. The molecule has 76 valence electrons. The van der Waals surface area contributed by atoms with E-state index in [9.17, 15) is 13.2 Å². The second-order valence-electron chi connectivity index (χ2n) is 3.64. The van der Waals surface area contributed by atoms with Gasteiger partial charge in [-0.2, -0.15) is 0 Å². The van der Waals surface area contributed by atoms with Crippen LogP contribution in [0.1, 0.15) is 23.1 Å². The van der Waals surface area contributed by atoms with Crippen LogP contribution < -0.4 is 5.73 Å². The lowest BCUT2D eigenvalue weighted by molar-refractivity contribution is -0.00266. The topological polar surface area (TPSA) is 26.0 Å².